The van der Waals surface area contributed by atoms with Gasteiger partial charge in [0.15, 0.2) is 0 Å². The Labute approximate surface area is 115 Å². The summed E-state index contributed by atoms with van der Waals surface area (Å²) in [4.78, 5) is 2.28. The van der Waals surface area contributed by atoms with Gasteiger partial charge in [-0.25, -0.2) is 4.39 Å². The van der Waals surface area contributed by atoms with Crippen molar-refractivity contribution in [1.29, 1.82) is 0 Å². The Morgan fingerprint density at radius 2 is 2.05 bits per heavy atom. The molecule has 0 radical (unpaired) electrons. The van der Waals surface area contributed by atoms with Crippen LogP contribution in [0, 0.1) is 5.82 Å². The van der Waals surface area contributed by atoms with Gasteiger partial charge in [0, 0.05) is 36.8 Å². The third kappa shape index (κ3) is 4.80. The first-order valence-corrected chi connectivity index (χ1v) is 6.87. The molecule has 1 aromatic rings. The van der Waals surface area contributed by atoms with Crippen molar-refractivity contribution in [2.24, 2.45) is 0 Å². The molecule has 1 rings (SSSR count). The molecule has 2 unspecified atom stereocenters. The fourth-order valence-corrected chi connectivity index (χ4v) is 1.97. The van der Waals surface area contributed by atoms with Crippen LogP contribution in [0.1, 0.15) is 38.8 Å². The second kappa shape index (κ2) is 7.46. The van der Waals surface area contributed by atoms with Crippen molar-refractivity contribution in [3.05, 3.63) is 29.6 Å². The fourth-order valence-electron chi connectivity index (χ4n) is 1.97. The summed E-state index contributed by atoms with van der Waals surface area (Å²) in [5.74, 6) is -0.403. The summed E-state index contributed by atoms with van der Waals surface area (Å²) in [6.45, 7) is 8.03. The molecule has 4 heteroatoms. The summed E-state index contributed by atoms with van der Waals surface area (Å²) in [7, 11) is 2.10. The number of nitrogens with one attached hydrogen (secondary N) is 1. The third-order valence-electron chi connectivity index (χ3n) is 3.71. The standard InChI is InChI=1S/C15H25FN2O/c1-5-11(2)18(4)9-8-17-12(3)14-7-6-13(19)10-15(14)16/h6-7,10-12,17,19H,5,8-9H2,1-4H3. The van der Waals surface area contributed by atoms with Crippen LogP contribution in [-0.2, 0) is 0 Å². The number of likely N-dealkylation sites (N-methyl/N-ethyl adjacent to an activating group) is 1. The summed E-state index contributed by atoms with van der Waals surface area (Å²) in [5, 5.41) is 12.5. The molecule has 0 fully saturated rings. The van der Waals surface area contributed by atoms with Gasteiger partial charge in [-0.2, -0.15) is 0 Å². The summed E-state index contributed by atoms with van der Waals surface area (Å²) in [6.07, 6.45) is 1.12. The number of benzene rings is 1. The number of hydrogen-bond donors (Lipinski definition) is 2. The Kier molecular flexibility index (Phi) is 6.25. The van der Waals surface area contributed by atoms with Crippen molar-refractivity contribution in [3.8, 4) is 5.75 Å². The van der Waals surface area contributed by atoms with Crippen molar-refractivity contribution >= 4 is 0 Å². The molecule has 0 saturated heterocycles. The van der Waals surface area contributed by atoms with Gasteiger partial charge in [-0.05, 0) is 33.4 Å². The first-order valence-electron chi connectivity index (χ1n) is 6.87. The maximum absolute atomic E-state index is 13.7. The summed E-state index contributed by atoms with van der Waals surface area (Å²) in [6, 6.07) is 4.79. The number of phenols is 1. The van der Waals surface area contributed by atoms with E-state index in [1.807, 2.05) is 6.92 Å². The lowest BCUT2D eigenvalue weighted by molar-refractivity contribution is 0.249. The van der Waals surface area contributed by atoms with Gasteiger partial charge in [-0.3, -0.25) is 0 Å². The molecule has 0 aliphatic carbocycles. The monoisotopic (exact) mass is 268 g/mol. The largest absolute Gasteiger partial charge is 0.508 e. The third-order valence-corrected chi connectivity index (χ3v) is 3.71. The van der Waals surface area contributed by atoms with Crippen LogP contribution in [-0.4, -0.2) is 36.2 Å². The lowest BCUT2D eigenvalue weighted by Crippen LogP contribution is -2.35. The molecule has 0 saturated carbocycles. The van der Waals surface area contributed by atoms with Gasteiger partial charge < -0.3 is 15.3 Å². The molecule has 0 bridgehead atoms. The van der Waals surface area contributed by atoms with Gasteiger partial charge in [0.1, 0.15) is 11.6 Å². The normalized spacial score (nSPS) is 14.6. The lowest BCUT2D eigenvalue weighted by atomic mass is 10.1. The minimum atomic E-state index is -0.365. The Hall–Kier alpha value is -1.13. The molecule has 1 aromatic carbocycles. The molecule has 0 aliphatic heterocycles. The van der Waals surface area contributed by atoms with Crippen molar-refractivity contribution in [2.75, 3.05) is 20.1 Å². The molecule has 0 aliphatic rings. The highest BCUT2D eigenvalue weighted by Gasteiger charge is 2.12. The van der Waals surface area contributed by atoms with E-state index in [1.54, 1.807) is 6.07 Å². The van der Waals surface area contributed by atoms with Crippen LogP contribution in [0.2, 0.25) is 0 Å². The number of aromatic hydroxyl groups is 1. The number of rotatable bonds is 7. The van der Waals surface area contributed by atoms with E-state index in [4.69, 9.17) is 0 Å². The van der Waals surface area contributed by atoms with E-state index in [0.29, 0.717) is 11.6 Å². The van der Waals surface area contributed by atoms with Crippen molar-refractivity contribution in [2.45, 2.75) is 39.3 Å². The maximum atomic E-state index is 13.7. The molecular weight excluding hydrogens is 243 g/mol. The van der Waals surface area contributed by atoms with E-state index in [0.717, 1.165) is 25.6 Å². The quantitative estimate of drug-likeness (QED) is 0.798. The maximum Gasteiger partial charge on any atom is 0.131 e. The van der Waals surface area contributed by atoms with Crippen LogP contribution in [0.3, 0.4) is 0 Å². The molecule has 19 heavy (non-hydrogen) atoms. The van der Waals surface area contributed by atoms with E-state index in [1.165, 1.54) is 6.07 Å². The molecule has 0 amide bonds. The van der Waals surface area contributed by atoms with Crippen LogP contribution in [0.15, 0.2) is 18.2 Å². The minimum Gasteiger partial charge on any atom is -0.508 e. The smallest absolute Gasteiger partial charge is 0.131 e. The van der Waals surface area contributed by atoms with Crippen LogP contribution in [0.5, 0.6) is 5.75 Å². The predicted octanol–water partition coefficient (Wildman–Crippen LogP) is 2.91. The first-order chi connectivity index (χ1) is 8.95. The summed E-state index contributed by atoms with van der Waals surface area (Å²) in [5.41, 5.74) is 0.587. The molecule has 0 heterocycles. The van der Waals surface area contributed by atoms with Crippen molar-refractivity contribution in [3.63, 3.8) is 0 Å². The first kappa shape index (κ1) is 15.9. The van der Waals surface area contributed by atoms with E-state index in [-0.39, 0.29) is 17.6 Å². The minimum absolute atomic E-state index is 0.0371. The van der Waals surface area contributed by atoms with Crippen molar-refractivity contribution in [1.82, 2.24) is 10.2 Å². The zero-order valence-corrected chi connectivity index (χ0v) is 12.3. The molecule has 0 aromatic heterocycles. The lowest BCUT2D eigenvalue weighted by Gasteiger charge is -2.24. The summed E-state index contributed by atoms with van der Waals surface area (Å²) >= 11 is 0. The highest BCUT2D eigenvalue weighted by molar-refractivity contribution is 5.29. The average Bonchev–Trinajstić information content (AvgIpc) is 2.37. The van der Waals surface area contributed by atoms with Crippen molar-refractivity contribution < 1.29 is 9.50 Å². The number of hydrogen-bond acceptors (Lipinski definition) is 3. The van der Waals surface area contributed by atoms with Gasteiger partial charge in [0.05, 0.1) is 0 Å². The molecule has 2 atom stereocenters. The molecule has 2 N–H and O–H groups in total. The van der Waals surface area contributed by atoms with Gasteiger partial charge in [-0.1, -0.05) is 13.0 Å². The zero-order valence-electron chi connectivity index (χ0n) is 12.3. The van der Waals surface area contributed by atoms with E-state index in [9.17, 15) is 9.50 Å². The second-order valence-corrected chi connectivity index (χ2v) is 5.12. The van der Waals surface area contributed by atoms with E-state index in [2.05, 4.69) is 31.1 Å². The number of nitrogens with zero attached hydrogens (tertiary/aromatic N) is 1. The van der Waals surface area contributed by atoms with Crippen LogP contribution >= 0.6 is 0 Å². The van der Waals surface area contributed by atoms with E-state index >= 15 is 0 Å². The predicted molar refractivity (Wildman–Crippen MR) is 76.9 cm³/mol. The molecular formula is C15H25FN2O. The highest BCUT2D eigenvalue weighted by atomic mass is 19.1. The van der Waals surface area contributed by atoms with Crippen LogP contribution in [0.25, 0.3) is 0 Å². The van der Waals surface area contributed by atoms with Gasteiger partial charge in [-0.15, -0.1) is 0 Å². The topological polar surface area (TPSA) is 35.5 Å². The van der Waals surface area contributed by atoms with Gasteiger partial charge >= 0.3 is 0 Å². The Morgan fingerprint density at radius 1 is 1.37 bits per heavy atom. The highest BCUT2D eigenvalue weighted by Crippen LogP contribution is 2.20. The van der Waals surface area contributed by atoms with Crippen LogP contribution in [0.4, 0.5) is 4.39 Å². The number of halogens is 1. The van der Waals surface area contributed by atoms with Gasteiger partial charge in [0.25, 0.3) is 0 Å². The Bertz CT molecular complexity index is 398. The number of phenolic OH excluding ortho intramolecular Hbond substituents is 1. The average molecular weight is 268 g/mol. The SMILES string of the molecule is CCC(C)N(C)CCNC(C)c1ccc(O)cc1F. The zero-order chi connectivity index (χ0) is 14.4. The van der Waals surface area contributed by atoms with Crippen LogP contribution < -0.4 is 5.32 Å². The second-order valence-electron chi connectivity index (χ2n) is 5.12. The van der Waals surface area contributed by atoms with Gasteiger partial charge in [0.2, 0.25) is 0 Å². The molecule has 108 valence electrons. The molecule has 0 spiro atoms. The summed E-state index contributed by atoms with van der Waals surface area (Å²) < 4.78 is 13.7. The Morgan fingerprint density at radius 3 is 2.63 bits per heavy atom. The molecule has 3 nitrogen and oxygen atoms in total. The van der Waals surface area contributed by atoms with E-state index < -0.39 is 0 Å². The fraction of sp³-hybridized carbons (Fsp3) is 0.600. The Balaban J connectivity index is 2.45.